The van der Waals surface area contributed by atoms with Gasteiger partial charge in [0.25, 0.3) is 0 Å². The highest BCUT2D eigenvalue weighted by Gasteiger charge is 2.39. The molecule has 33 N–H and O–H groups in total. The molecule has 0 aromatic heterocycles. The second-order valence-corrected chi connectivity index (χ2v) is 33.1. The van der Waals surface area contributed by atoms with Crippen molar-refractivity contribution in [1.29, 1.82) is 0 Å². The summed E-state index contributed by atoms with van der Waals surface area (Å²) in [5.74, 6) is -19.5. The maximum Gasteiger partial charge on any atom is 0.373 e. The van der Waals surface area contributed by atoms with E-state index in [1.54, 1.807) is 53.2 Å². The smallest absolute Gasteiger partial charge is 0.373 e. The molecule has 0 aliphatic carbocycles. The van der Waals surface area contributed by atoms with Crippen LogP contribution >= 0.6 is 47.0 Å². The van der Waals surface area contributed by atoms with Crippen molar-refractivity contribution in [2.75, 3.05) is 102 Å². The van der Waals surface area contributed by atoms with Crippen LogP contribution in [0, 0.1) is 23.7 Å². The van der Waals surface area contributed by atoms with Crippen LogP contribution in [0.1, 0.15) is 105 Å². The van der Waals surface area contributed by atoms with E-state index in [1.807, 2.05) is 27.7 Å². The zero-order chi connectivity index (χ0) is 109. The molecule has 0 radical (unpaired) electrons. The number of nitrogens with one attached hydrogen (secondary N) is 12. The molecule has 0 saturated carbocycles. The molecule has 0 bridgehead atoms. The summed E-state index contributed by atoms with van der Waals surface area (Å²) in [6.45, 7) is 5.29. The van der Waals surface area contributed by atoms with Crippen molar-refractivity contribution < 1.29 is 222 Å². The zero-order valence-electron chi connectivity index (χ0n) is 77.4. The molecule has 0 aliphatic heterocycles. The van der Waals surface area contributed by atoms with Gasteiger partial charge < -0.3 is 171 Å². The highest BCUT2D eigenvalue weighted by atomic mass is 32.2. The zero-order valence-corrected chi connectivity index (χ0v) is 80.7. The van der Waals surface area contributed by atoms with E-state index in [2.05, 4.69) is 63.8 Å². The van der Waals surface area contributed by atoms with E-state index in [0.717, 1.165) is 0 Å². The molecular weight excluding hydrogens is 1940 g/mol. The molecule has 0 spiro atoms. The number of thioether (sulfide) groups is 4. The predicted molar refractivity (Wildman–Crippen MR) is 476 cm³/mol. The summed E-state index contributed by atoms with van der Waals surface area (Å²) < 4.78 is 0. The van der Waals surface area contributed by atoms with E-state index in [1.165, 1.54) is 47.0 Å². The number of hydrogen-bond acceptors (Lipinski definition) is 45. The van der Waals surface area contributed by atoms with Gasteiger partial charge in [-0.3, -0.25) is 38.4 Å². The molecule has 0 aromatic rings. The topological polar surface area (TPSA) is 979 Å². The van der Waals surface area contributed by atoms with Crippen LogP contribution in [-0.2, 0) is 115 Å². The summed E-state index contributed by atoms with van der Waals surface area (Å²) in [5, 5.41) is 227. The van der Waals surface area contributed by atoms with Gasteiger partial charge in [0.2, 0.25) is 47.3 Å². The van der Waals surface area contributed by atoms with Crippen LogP contribution in [0.25, 0.3) is 0 Å². The fourth-order valence-electron chi connectivity index (χ4n) is 10.4. The fourth-order valence-corrected chi connectivity index (χ4v) is 12.6. The van der Waals surface area contributed by atoms with E-state index >= 15 is 0 Å². The van der Waals surface area contributed by atoms with Crippen LogP contribution in [0.2, 0.25) is 0 Å². The van der Waals surface area contributed by atoms with Gasteiger partial charge in [0, 0.05) is 116 Å². The number of carboxylic acid groups (broad SMARTS) is 8. The van der Waals surface area contributed by atoms with Crippen LogP contribution in [-0.4, -0.2) is 457 Å². The summed E-state index contributed by atoms with van der Waals surface area (Å²) in [7, 11) is 6.95. The summed E-state index contributed by atoms with van der Waals surface area (Å²) in [5.41, 5.74) is 0. The molecule has 25 atom stereocenters. The summed E-state index contributed by atoms with van der Waals surface area (Å²) in [6.07, 6.45) is -17.1. The SMILES string of the molecule is CNC(C)CCC(CC(=O)NCC(O)C(=O)O)C(=O)NC(CSC)C(=O)O.CN[C@@H](C)CCC(CC(=O)NCC(O)C(O)C(O)C(O)C(=O)O)C(=O)N[C@@H](CSC)C(=O)O.CN[C@@H](C)CC[C@@H](CC(=O)NC[C@H](O)[C@@H](O)[C@H](O)[C@H](O)C(=O)O)C(=O)N[C@@H](CSC)C(=O)O.CN[C@@H](C)CC[C@H](CC(=O)NC[C@H](O)[C@@H](O)[C@H](O)[C@H](O)C(=O)O)C(=O)N[C@@H](CSC)C(=O)O.O=C=O.O=C=O.O=C=O.O=C=O. The standard InChI is InChI=1S/3C19H35N3O10S.C16H29N3O7S.4CO2/c3*1-9(20-2)4-5-10(17(28)22-11(8-33-3)18(29)30)6-13(24)21-7-12(23)14(25)15(26)16(27)19(31)32;1-9(17-2)4-5-10(6-13(21)18-7-12(20)16(25)26)14(22)19-11(8-27-3)15(23)24;4*2-1-3/h3*9-12,14-16,20,23,25-27H,4-8H2,1-3H3,(H,21,24)(H,22,28)(H,29,30)(H,31,32);9-12,17,20H,4-8H2,1-3H3,(H,18,21)(H,19,22)(H,23,24)(H,25,26);;;;/t9-,10?,11-,12?,14?,15?,16?;9-,10+,11-,12-,14+,15-,16-;9-,10-,11-,12-,14+,15-,16-;;;;;/m000...../s1. The maximum absolute atomic E-state index is 12.7. The van der Waals surface area contributed by atoms with Gasteiger partial charge in [-0.1, -0.05) is 0 Å². The van der Waals surface area contributed by atoms with Gasteiger partial charge in [-0.2, -0.15) is 85.4 Å². The van der Waals surface area contributed by atoms with E-state index < -0.39 is 248 Å². The molecule has 796 valence electrons. The Balaban J connectivity index is -0.000000262. The number of amides is 8. The average Bonchev–Trinajstić information content (AvgIpc) is 0.885. The third-order valence-corrected chi connectivity index (χ3v) is 21.7. The Labute approximate surface area is 807 Å². The minimum atomic E-state index is -2.34. The maximum atomic E-state index is 12.7. The molecule has 0 aliphatic rings. The lowest BCUT2D eigenvalue weighted by Crippen LogP contribution is -2.51. The molecule has 0 heterocycles. The Morgan fingerprint density at radius 3 is 0.558 bits per heavy atom. The van der Waals surface area contributed by atoms with E-state index in [4.69, 9.17) is 63.9 Å². The van der Waals surface area contributed by atoms with Gasteiger partial charge in [0.1, 0.15) is 60.8 Å². The molecule has 138 heavy (non-hydrogen) atoms. The molecule has 0 aromatic carbocycles. The lowest BCUT2D eigenvalue weighted by atomic mass is 9.95. The monoisotopic (exact) mass is 2070 g/mol. The Kier molecular flexibility index (Phi) is 89.1. The van der Waals surface area contributed by atoms with Crippen molar-refractivity contribution in [2.45, 2.75) is 232 Å². The van der Waals surface area contributed by atoms with Gasteiger partial charge in [0.15, 0.2) is 24.4 Å². The molecule has 0 rings (SSSR count). The molecule has 8 amide bonds. The minimum Gasteiger partial charge on any atom is -0.480 e. The fraction of sp³-hybridized carbons (Fsp3) is 0.740. The summed E-state index contributed by atoms with van der Waals surface area (Å²) in [4.78, 5) is 252. The summed E-state index contributed by atoms with van der Waals surface area (Å²) in [6, 6.07) is -4.25. The highest BCUT2D eigenvalue weighted by Crippen LogP contribution is 2.21. The second kappa shape index (κ2) is 85.9. The van der Waals surface area contributed by atoms with E-state index in [9.17, 15) is 158 Å². The van der Waals surface area contributed by atoms with Gasteiger partial charge in [-0.25, -0.2) is 38.4 Å². The van der Waals surface area contributed by atoms with Crippen LogP contribution < -0.4 is 63.8 Å². The Hall–Kier alpha value is -10.2. The molecule has 0 fully saturated rings. The second-order valence-electron chi connectivity index (χ2n) is 29.5. The normalized spacial score (nSPS) is 15.9. The largest absolute Gasteiger partial charge is 0.480 e. The molecule has 9 unspecified atom stereocenters. The van der Waals surface area contributed by atoms with Crippen LogP contribution in [0.4, 0.5) is 0 Å². The first kappa shape index (κ1) is 143. The lowest BCUT2D eigenvalue weighted by molar-refractivity contribution is -0.193. The number of hydrogen-bond donors (Lipinski definition) is 33. The van der Waals surface area contributed by atoms with E-state index in [-0.39, 0.29) is 117 Å². The third kappa shape index (κ3) is 71.2. The van der Waals surface area contributed by atoms with Crippen molar-refractivity contribution >= 4 is 167 Å². The van der Waals surface area contributed by atoms with Crippen LogP contribution in [0.3, 0.4) is 0 Å². The van der Waals surface area contributed by atoms with Gasteiger partial charge in [0.05, 0.1) is 24.9 Å². The molecule has 57 nitrogen and oxygen atoms in total. The first-order valence-corrected chi connectivity index (χ1v) is 46.5. The van der Waals surface area contributed by atoms with Crippen molar-refractivity contribution in [1.82, 2.24) is 63.8 Å². The number of aliphatic carboxylic acids is 8. The van der Waals surface area contributed by atoms with Gasteiger partial charge in [-0.05, 0) is 132 Å². The number of carbonyl (C=O) groups excluding carboxylic acids is 16. The van der Waals surface area contributed by atoms with Crippen molar-refractivity contribution in [3.63, 3.8) is 0 Å². The number of carbonyl (C=O) groups is 16. The molecule has 61 heteroatoms. The number of carboxylic acids is 8. The summed E-state index contributed by atoms with van der Waals surface area (Å²) >= 11 is 4.98. The van der Waals surface area contributed by atoms with Crippen molar-refractivity contribution in [3.05, 3.63) is 0 Å². The molecular formula is C77H134N12O45S4. The van der Waals surface area contributed by atoms with Crippen LogP contribution in [0.15, 0.2) is 0 Å². The highest BCUT2D eigenvalue weighted by molar-refractivity contribution is 7.99. The number of rotatable bonds is 65. The number of aliphatic hydroxyl groups excluding tert-OH is 13. The lowest BCUT2D eigenvalue weighted by Gasteiger charge is -2.25. The van der Waals surface area contributed by atoms with Crippen molar-refractivity contribution in [3.8, 4) is 0 Å². The van der Waals surface area contributed by atoms with Crippen LogP contribution in [0.5, 0.6) is 0 Å². The van der Waals surface area contributed by atoms with Gasteiger partial charge >= 0.3 is 72.4 Å². The Morgan fingerprint density at radius 2 is 0.420 bits per heavy atom. The minimum absolute atomic E-state index is 0.0314. The van der Waals surface area contributed by atoms with Gasteiger partial charge in [-0.15, -0.1) is 0 Å². The Bertz CT molecular complexity index is 3420. The third-order valence-electron chi connectivity index (χ3n) is 19.0. The first-order chi connectivity index (χ1) is 64.3. The van der Waals surface area contributed by atoms with E-state index in [0.29, 0.717) is 32.1 Å². The first-order valence-electron chi connectivity index (χ1n) is 40.9. The Morgan fingerprint density at radius 1 is 0.254 bits per heavy atom. The molecule has 0 saturated heterocycles. The van der Waals surface area contributed by atoms with Crippen molar-refractivity contribution in [2.24, 2.45) is 23.7 Å². The quantitative estimate of drug-likeness (QED) is 0.0269. The predicted octanol–water partition coefficient (Wildman–Crippen LogP) is -12.6. The average molecular weight is 2080 g/mol. The number of aliphatic hydroxyl groups is 13.